The summed E-state index contributed by atoms with van der Waals surface area (Å²) < 4.78 is 0. The third-order valence-electron chi connectivity index (χ3n) is 20.5. The van der Waals surface area contributed by atoms with Gasteiger partial charge in [-0.25, -0.2) is 0 Å². The van der Waals surface area contributed by atoms with E-state index in [2.05, 4.69) is 290 Å². The topological polar surface area (TPSA) is 13.0 Å². The highest BCUT2D eigenvalue weighted by molar-refractivity contribution is 5.90. The Morgan fingerprint density at radius 1 is 0.163 bits per heavy atom. The molecule has 104 heavy (non-hydrogen) atoms. The second-order valence-electron chi connectivity index (χ2n) is 25.3. The van der Waals surface area contributed by atoms with E-state index < -0.39 is 0 Å². The van der Waals surface area contributed by atoms with Crippen LogP contribution in [0.1, 0.15) is 200 Å². The lowest BCUT2D eigenvalue weighted by Gasteiger charge is -2.31. The van der Waals surface area contributed by atoms with Gasteiger partial charge >= 0.3 is 0 Å². The van der Waals surface area contributed by atoms with E-state index in [1.807, 2.05) is 111 Å². The summed E-state index contributed by atoms with van der Waals surface area (Å²) in [6.07, 6.45) is 8.44. The van der Waals surface area contributed by atoms with Crippen molar-refractivity contribution >= 4 is 45.5 Å². The van der Waals surface area contributed by atoms with Gasteiger partial charge in [0.15, 0.2) is 0 Å². The van der Waals surface area contributed by atoms with Gasteiger partial charge in [-0.2, -0.15) is 0 Å². The zero-order chi connectivity index (χ0) is 74.7. The molecule has 0 atom stereocenters. The van der Waals surface area contributed by atoms with Crippen LogP contribution >= 0.6 is 0 Å². The first kappa shape index (κ1) is 78.0. The third-order valence-corrected chi connectivity index (χ3v) is 20.5. The first-order valence-electron chi connectivity index (χ1n) is 39.5. The molecule has 12 aromatic carbocycles. The van der Waals surface area contributed by atoms with Gasteiger partial charge in [0.1, 0.15) is 0 Å². The van der Waals surface area contributed by atoms with Gasteiger partial charge in [0.05, 0.1) is 0 Å². The lowest BCUT2D eigenvalue weighted by atomic mass is 9.89. The smallest absolute Gasteiger partial charge is 0.0450 e. The molecule has 4 aliphatic carbocycles. The lowest BCUT2D eigenvalue weighted by molar-refractivity contribution is 1.03. The summed E-state index contributed by atoms with van der Waals surface area (Å²) in [6, 6.07) is 89.2. The number of fused-ring (bicyclic) bond motifs is 22. The van der Waals surface area contributed by atoms with Crippen molar-refractivity contribution in [1.29, 1.82) is 0 Å². The molecule has 8 aliphatic rings. The molecule has 4 nitrogen and oxygen atoms in total. The van der Waals surface area contributed by atoms with E-state index in [0.717, 1.165) is 51.4 Å². The molecular weight excluding hydrogens is 1260 g/mol. The molecule has 0 fully saturated rings. The Morgan fingerprint density at radius 3 is 0.923 bits per heavy atom. The molecule has 0 saturated carbocycles. The lowest BCUT2D eigenvalue weighted by Crippen LogP contribution is -2.19. The highest BCUT2D eigenvalue weighted by Crippen LogP contribution is 2.51. The quantitative estimate of drug-likeness (QED) is 0.150. The number of hydrogen-bond donors (Lipinski definition) is 0. The van der Waals surface area contributed by atoms with Crippen molar-refractivity contribution in [3.05, 3.63) is 332 Å². The molecule has 20 rings (SSSR count). The van der Waals surface area contributed by atoms with Crippen LogP contribution in [0.4, 0.5) is 45.5 Å². The SMILES string of the molecule is CC.CC.CC.CC.CC.CC.CC.CC.CN1c2ccccc2Cc2c1ccc1c2-c2ccccc2C1.CN1c2ccccc2Cc2c1ccc1c2Cc2ccccc2-1.CN1c2ccccc2Cc2cc3c(cc21)-c1ccccc1C3.CN1c2ccccc2Cc2cc3c(cc21)Cc1ccccc1-3. The molecule has 0 radical (unpaired) electrons. The molecule has 0 amide bonds. The van der Waals surface area contributed by atoms with Gasteiger partial charge < -0.3 is 19.6 Å². The number of hydrogen-bond acceptors (Lipinski definition) is 4. The average molecular weight is 1370 g/mol. The van der Waals surface area contributed by atoms with Crippen LogP contribution in [-0.4, -0.2) is 28.2 Å². The standard InChI is InChI=1S/4C21H17N.8C2H6/c1-22-20-9-5-3-7-15(20)11-17-12-19-16(13-21(17)22)10-14-6-2-4-8-18(14)19;1-22-20-9-5-3-7-15(20)11-17-12-16-10-14-6-2-4-8-18(14)19(16)13-21(17)22;1-22-19-9-5-3-7-15(19)13-18-20(22)11-10-16-12-14-6-2-4-8-17(14)21(16)18;1-22-20-9-5-3-7-15(20)13-19-18-12-14-6-2-4-8-16(14)17(18)10-11-21(19)22;8*1-2/h2*2-9,12-13H,10-11H2,1H3;2*2-11H,12-13H2,1H3;8*1-2H3. The summed E-state index contributed by atoms with van der Waals surface area (Å²) >= 11 is 0. The van der Waals surface area contributed by atoms with E-state index in [0.29, 0.717) is 0 Å². The third kappa shape index (κ3) is 15.1. The number of anilines is 8. The van der Waals surface area contributed by atoms with Gasteiger partial charge in [0.2, 0.25) is 0 Å². The molecule has 0 spiro atoms. The highest BCUT2D eigenvalue weighted by atomic mass is 15.1. The summed E-state index contributed by atoms with van der Waals surface area (Å²) in [6.45, 7) is 32.0. The van der Waals surface area contributed by atoms with E-state index >= 15 is 0 Å². The first-order valence-corrected chi connectivity index (χ1v) is 39.5. The molecule has 536 valence electrons. The van der Waals surface area contributed by atoms with E-state index in [4.69, 9.17) is 0 Å². The van der Waals surface area contributed by atoms with Crippen molar-refractivity contribution in [2.24, 2.45) is 0 Å². The Labute approximate surface area is 627 Å². The van der Waals surface area contributed by atoms with Crippen molar-refractivity contribution < 1.29 is 0 Å². The zero-order valence-corrected chi connectivity index (χ0v) is 66.5. The van der Waals surface area contributed by atoms with Gasteiger partial charge in [0.25, 0.3) is 0 Å². The Bertz CT molecular complexity index is 4810. The van der Waals surface area contributed by atoms with E-state index in [-0.39, 0.29) is 0 Å². The molecule has 4 heteroatoms. The molecule has 4 heterocycles. The summed E-state index contributed by atoms with van der Waals surface area (Å²) in [4.78, 5) is 9.37. The maximum Gasteiger partial charge on any atom is 0.0450 e. The minimum absolute atomic E-state index is 1.03. The first-order chi connectivity index (χ1) is 51.3. The summed E-state index contributed by atoms with van der Waals surface area (Å²) in [7, 11) is 8.74. The predicted octanol–water partition coefficient (Wildman–Crippen LogP) is 27.9. The van der Waals surface area contributed by atoms with Crippen molar-refractivity contribution in [2.45, 2.75) is 162 Å². The van der Waals surface area contributed by atoms with Crippen LogP contribution in [0.5, 0.6) is 0 Å². The molecule has 0 bridgehead atoms. The predicted molar refractivity (Wildman–Crippen MR) is 459 cm³/mol. The van der Waals surface area contributed by atoms with Crippen LogP contribution in [0.2, 0.25) is 0 Å². The van der Waals surface area contributed by atoms with Crippen molar-refractivity contribution in [3.63, 3.8) is 0 Å². The fourth-order valence-corrected chi connectivity index (χ4v) is 16.2. The summed E-state index contributed by atoms with van der Waals surface area (Å²) in [5.74, 6) is 0. The molecule has 0 unspecified atom stereocenters. The van der Waals surface area contributed by atoms with Gasteiger partial charge in [-0.15, -0.1) is 0 Å². The van der Waals surface area contributed by atoms with Crippen LogP contribution < -0.4 is 19.6 Å². The van der Waals surface area contributed by atoms with Crippen LogP contribution in [-0.2, 0) is 51.4 Å². The number of rotatable bonds is 0. The zero-order valence-electron chi connectivity index (χ0n) is 66.5. The maximum absolute atomic E-state index is 2.43. The van der Waals surface area contributed by atoms with Gasteiger partial charge in [0, 0.05) is 99.4 Å². The van der Waals surface area contributed by atoms with Crippen molar-refractivity contribution in [1.82, 2.24) is 0 Å². The van der Waals surface area contributed by atoms with Crippen molar-refractivity contribution in [2.75, 3.05) is 47.8 Å². The second kappa shape index (κ2) is 36.8. The van der Waals surface area contributed by atoms with Gasteiger partial charge in [-0.3, -0.25) is 0 Å². The fourth-order valence-electron chi connectivity index (χ4n) is 16.2. The monoisotopic (exact) mass is 1370 g/mol. The Kier molecular flexibility index (Phi) is 27.6. The number of nitrogens with zero attached hydrogens (tertiary/aromatic N) is 4. The van der Waals surface area contributed by atoms with Crippen LogP contribution in [0.15, 0.2) is 243 Å². The fraction of sp³-hybridized carbons (Fsp3) is 0.280. The van der Waals surface area contributed by atoms with Gasteiger partial charge in [-0.1, -0.05) is 299 Å². The van der Waals surface area contributed by atoms with E-state index in [9.17, 15) is 0 Å². The summed E-state index contributed by atoms with van der Waals surface area (Å²) in [5.41, 5.74) is 45.6. The highest BCUT2D eigenvalue weighted by Gasteiger charge is 2.32. The van der Waals surface area contributed by atoms with Crippen LogP contribution in [0.25, 0.3) is 44.5 Å². The molecule has 0 N–H and O–H groups in total. The average Bonchev–Trinajstić information content (AvgIpc) is 1.51. The molecule has 0 saturated heterocycles. The van der Waals surface area contributed by atoms with Gasteiger partial charge in [-0.05, 0) is 214 Å². The Hall–Kier alpha value is -10.2. The van der Waals surface area contributed by atoms with Crippen molar-refractivity contribution in [3.8, 4) is 44.5 Å². The van der Waals surface area contributed by atoms with E-state index in [1.165, 1.54) is 179 Å². The van der Waals surface area contributed by atoms with Crippen LogP contribution in [0, 0.1) is 0 Å². The normalized spacial score (nSPS) is 12.4. The second-order valence-corrected chi connectivity index (χ2v) is 25.3. The Balaban J connectivity index is 0.000000151. The minimum Gasteiger partial charge on any atom is -0.344 e. The molecule has 4 aliphatic heterocycles. The van der Waals surface area contributed by atoms with Crippen LogP contribution in [0.3, 0.4) is 0 Å². The maximum atomic E-state index is 2.43. The minimum atomic E-state index is 1.03. The van der Waals surface area contributed by atoms with E-state index in [1.54, 1.807) is 0 Å². The summed E-state index contributed by atoms with van der Waals surface area (Å²) in [5, 5.41) is 0. The molecule has 0 aromatic heterocycles. The number of para-hydroxylation sites is 4. The Morgan fingerprint density at radius 2 is 0.452 bits per heavy atom. The molecule has 12 aromatic rings. The number of benzene rings is 12. The molecular formula is C100H116N4. The largest absolute Gasteiger partial charge is 0.344 e.